The van der Waals surface area contributed by atoms with E-state index in [1.807, 2.05) is 11.8 Å². The van der Waals surface area contributed by atoms with E-state index in [2.05, 4.69) is 29.2 Å². The largest absolute Gasteiger partial charge is 0.349 e. The Balaban J connectivity index is 1.99. The van der Waals surface area contributed by atoms with Gasteiger partial charge in [0.15, 0.2) is 0 Å². The highest BCUT2D eigenvalue weighted by Crippen LogP contribution is 2.33. The topological polar surface area (TPSA) is 3.24 Å². The second-order valence-corrected chi connectivity index (χ2v) is 5.49. The minimum atomic E-state index is 0.655. The van der Waals surface area contributed by atoms with E-state index in [1.54, 1.807) is 0 Å². The zero-order valence-corrected chi connectivity index (χ0v) is 9.40. The molecule has 1 fully saturated rings. The lowest BCUT2D eigenvalue weighted by atomic mass is 9.95. The van der Waals surface area contributed by atoms with E-state index < -0.39 is 0 Å². The van der Waals surface area contributed by atoms with E-state index in [-0.39, 0.29) is 0 Å². The summed E-state index contributed by atoms with van der Waals surface area (Å²) in [6.45, 7) is 1.02. The van der Waals surface area contributed by atoms with Crippen LogP contribution in [0.5, 0.6) is 0 Å². The molecule has 0 N–H and O–H groups in total. The van der Waals surface area contributed by atoms with Crippen LogP contribution in [0.15, 0.2) is 24.3 Å². The Kier molecular flexibility index (Phi) is 2.03. The third kappa shape index (κ3) is 1.27. The first-order valence-electron chi connectivity index (χ1n) is 4.85. The molecule has 0 radical (unpaired) electrons. The van der Waals surface area contributed by atoms with E-state index in [1.165, 1.54) is 23.3 Å². The Hall–Kier alpha value is -0.540. The molecular formula is C11H11NS2. The smallest absolute Gasteiger partial charge is 0.137 e. The summed E-state index contributed by atoms with van der Waals surface area (Å²) in [5.74, 6) is 1.17. The van der Waals surface area contributed by atoms with Gasteiger partial charge in [0.25, 0.3) is 0 Å². The van der Waals surface area contributed by atoms with E-state index in [4.69, 9.17) is 12.2 Å². The molecule has 1 aromatic carbocycles. The molecule has 2 aliphatic heterocycles. The molecular weight excluding hydrogens is 210 g/mol. The molecule has 14 heavy (non-hydrogen) atoms. The van der Waals surface area contributed by atoms with Crippen molar-refractivity contribution in [1.82, 2.24) is 4.90 Å². The van der Waals surface area contributed by atoms with Crippen molar-refractivity contribution in [3.8, 4) is 0 Å². The third-order valence-electron chi connectivity index (χ3n) is 2.99. The minimum absolute atomic E-state index is 0.655. The third-order valence-corrected chi connectivity index (χ3v) is 4.61. The number of thioether (sulfide) groups is 1. The van der Waals surface area contributed by atoms with Crippen LogP contribution >= 0.6 is 24.0 Å². The molecule has 3 heteroatoms. The average Bonchev–Trinajstić information content (AvgIpc) is 2.57. The van der Waals surface area contributed by atoms with Crippen molar-refractivity contribution >= 4 is 28.3 Å². The molecule has 3 rings (SSSR count). The molecule has 2 heterocycles. The number of thiocarbonyl (C=S) groups is 1. The zero-order chi connectivity index (χ0) is 9.54. The summed E-state index contributed by atoms with van der Waals surface area (Å²) in [6, 6.07) is 9.37. The van der Waals surface area contributed by atoms with E-state index in [9.17, 15) is 0 Å². The number of nitrogens with zero attached hydrogens (tertiary/aromatic N) is 1. The van der Waals surface area contributed by atoms with Gasteiger partial charge < -0.3 is 4.90 Å². The summed E-state index contributed by atoms with van der Waals surface area (Å²) < 4.78 is 1.09. The van der Waals surface area contributed by atoms with E-state index in [0.717, 1.165) is 10.9 Å². The van der Waals surface area contributed by atoms with Crippen LogP contribution in [0.25, 0.3) is 0 Å². The second kappa shape index (κ2) is 3.24. The lowest BCUT2D eigenvalue weighted by Gasteiger charge is -2.31. The van der Waals surface area contributed by atoms with Gasteiger partial charge in [-0.15, -0.1) is 0 Å². The molecule has 1 saturated heterocycles. The summed E-state index contributed by atoms with van der Waals surface area (Å²) in [4.78, 5) is 2.38. The summed E-state index contributed by atoms with van der Waals surface area (Å²) in [5.41, 5.74) is 2.97. The van der Waals surface area contributed by atoms with Crippen LogP contribution in [0.1, 0.15) is 11.1 Å². The molecule has 1 unspecified atom stereocenters. The number of benzene rings is 1. The quantitative estimate of drug-likeness (QED) is 0.620. The summed E-state index contributed by atoms with van der Waals surface area (Å²) in [6.07, 6.45) is 1.17. The van der Waals surface area contributed by atoms with Gasteiger partial charge in [-0.05, 0) is 17.5 Å². The monoisotopic (exact) mass is 221 g/mol. The maximum atomic E-state index is 5.33. The summed E-state index contributed by atoms with van der Waals surface area (Å²) in [5, 5.41) is 0. The molecule has 2 aliphatic rings. The SMILES string of the molecule is S=C1SCC2Cc3ccccc3CN12. The standard InChI is InChI=1S/C11H11NS2/c13-11-12-6-9-4-2-1-3-8(9)5-10(12)7-14-11/h1-4,10H,5-7H2. The molecule has 1 atom stereocenters. The van der Waals surface area contributed by atoms with Crippen molar-refractivity contribution in [3.63, 3.8) is 0 Å². The first-order valence-corrected chi connectivity index (χ1v) is 6.24. The molecule has 0 bridgehead atoms. The first-order chi connectivity index (χ1) is 6.84. The number of rotatable bonds is 0. The van der Waals surface area contributed by atoms with Crippen LogP contribution in [0, 0.1) is 0 Å². The maximum Gasteiger partial charge on any atom is 0.137 e. The van der Waals surface area contributed by atoms with E-state index >= 15 is 0 Å². The van der Waals surface area contributed by atoms with Gasteiger partial charge in [-0.2, -0.15) is 0 Å². The van der Waals surface area contributed by atoms with Gasteiger partial charge in [0, 0.05) is 18.3 Å². The van der Waals surface area contributed by atoms with Gasteiger partial charge in [-0.1, -0.05) is 48.2 Å². The highest BCUT2D eigenvalue weighted by molar-refractivity contribution is 8.23. The number of hydrogen-bond donors (Lipinski definition) is 0. The lowest BCUT2D eigenvalue weighted by molar-refractivity contribution is 0.324. The fourth-order valence-corrected chi connectivity index (χ4v) is 3.63. The highest BCUT2D eigenvalue weighted by Gasteiger charge is 2.32. The first kappa shape index (κ1) is 8.74. The Morgan fingerprint density at radius 1 is 1.29 bits per heavy atom. The normalized spacial score (nSPS) is 24.7. The molecule has 72 valence electrons. The van der Waals surface area contributed by atoms with Crippen molar-refractivity contribution in [2.45, 2.75) is 19.0 Å². The Bertz CT molecular complexity index is 389. The van der Waals surface area contributed by atoms with Gasteiger partial charge in [-0.3, -0.25) is 0 Å². The van der Waals surface area contributed by atoms with Crippen LogP contribution < -0.4 is 0 Å². The summed E-state index contributed by atoms with van der Waals surface area (Å²) >= 11 is 7.17. The van der Waals surface area contributed by atoms with Crippen LogP contribution in [0.2, 0.25) is 0 Å². The molecule has 0 aromatic heterocycles. The fraction of sp³-hybridized carbons (Fsp3) is 0.364. The summed E-state index contributed by atoms with van der Waals surface area (Å²) in [7, 11) is 0. The van der Waals surface area contributed by atoms with Crippen LogP contribution in [0.4, 0.5) is 0 Å². The number of hydrogen-bond acceptors (Lipinski definition) is 2. The zero-order valence-electron chi connectivity index (χ0n) is 7.77. The average molecular weight is 221 g/mol. The van der Waals surface area contributed by atoms with Crippen LogP contribution in [-0.2, 0) is 13.0 Å². The van der Waals surface area contributed by atoms with Gasteiger partial charge >= 0.3 is 0 Å². The lowest BCUT2D eigenvalue weighted by Crippen LogP contribution is -2.38. The molecule has 1 aromatic rings. The highest BCUT2D eigenvalue weighted by atomic mass is 32.2. The second-order valence-electron chi connectivity index (χ2n) is 3.83. The minimum Gasteiger partial charge on any atom is -0.349 e. The van der Waals surface area contributed by atoms with E-state index in [0.29, 0.717) is 6.04 Å². The van der Waals surface area contributed by atoms with Crippen molar-refractivity contribution in [3.05, 3.63) is 35.4 Å². The van der Waals surface area contributed by atoms with Gasteiger partial charge in [0.05, 0.1) is 0 Å². The fourth-order valence-electron chi connectivity index (χ4n) is 2.20. The van der Waals surface area contributed by atoms with Gasteiger partial charge in [-0.25, -0.2) is 0 Å². The van der Waals surface area contributed by atoms with Crippen molar-refractivity contribution in [1.29, 1.82) is 0 Å². The molecule has 0 saturated carbocycles. The van der Waals surface area contributed by atoms with Crippen LogP contribution in [-0.4, -0.2) is 21.0 Å². The molecule has 0 aliphatic carbocycles. The Morgan fingerprint density at radius 2 is 2.07 bits per heavy atom. The predicted octanol–water partition coefficient (Wildman–Crippen LogP) is 2.45. The van der Waals surface area contributed by atoms with Gasteiger partial charge in [0.1, 0.15) is 4.32 Å². The number of fused-ring (bicyclic) bond motifs is 2. The van der Waals surface area contributed by atoms with Crippen molar-refractivity contribution in [2.24, 2.45) is 0 Å². The molecule has 1 nitrogen and oxygen atoms in total. The molecule has 0 spiro atoms. The Morgan fingerprint density at radius 3 is 2.93 bits per heavy atom. The van der Waals surface area contributed by atoms with Crippen LogP contribution in [0.3, 0.4) is 0 Å². The molecule has 0 amide bonds. The van der Waals surface area contributed by atoms with Gasteiger partial charge in [0.2, 0.25) is 0 Å². The predicted molar refractivity (Wildman–Crippen MR) is 64.5 cm³/mol. The van der Waals surface area contributed by atoms with Crippen molar-refractivity contribution < 1.29 is 0 Å². The Labute approximate surface area is 93.5 Å². The maximum absolute atomic E-state index is 5.33. The van der Waals surface area contributed by atoms with Crippen molar-refractivity contribution in [2.75, 3.05) is 5.75 Å².